The molecule has 5 heteroatoms. The number of H-pyrrole nitrogens is 1. The monoisotopic (exact) mass is 374 g/mol. The van der Waals surface area contributed by atoms with Gasteiger partial charge in [0, 0.05) is 12.2 Å². The minimum Gasteiger partial charge on any atom is -0.367 e. The van der Waals surface area contributed by atoms with E-state index in [4.69, 9.17) is 4.74 Å². The summed E-state index contributed by atoms with van der Waals surface area (Å²) in [4.78, 5) is 30.2. The van der Waals surface area contributed by atoms with Crippen LogP contribution in [0.1, 0.15) is 28.9 Å². The van der Waals surface area contributed by atoms with Gasteiger partial charge in [-0.05, 0) is 30.2 Å². The Labute approximate surface area is 163 Å². The minimum atomic E-state index is -0.373. The number of nitrogens with one attached hydrogen (secondary N) is 1. The minimum absolute atomic E-state index is 0.106. The first-order valence-corrected chi connectivity index (χ1v) is 9.40. The maximum atomic E-state index is 13.0. The van der Waals surface area contributed by atoms with Gasteiger partial charge in [0.05, 0.1) is 12.6 Å². The van der Waals surface area contributed by atoms with E-state index in [0.29, 0.717) is 18.8 Å². The van der Waals surface area contributed by atoms with Gasteiger partial charge in [0.25, 0.3) is 11.5 Å². The standard InChI is InChI=1S/C23H22N2O3/c1-16-14-25(15-21(28-16)18-10-6-3-7-11-18)23(27)19-12-13-20(24-22(19)26)17-8-4-2-5-9-17/h2-13,16,21H,14-15H2,1H3,(H,24,26). The second-order valence-corrected chi connectivity index (χ2v) is 7.04. The zero-order valence-electron chi connectivity index (χ0n) is 15.7. The number of carbonyl (C=O) groups excluding carboxylic acids is 1. The number of morpholine rings is 1. The first-order chi connectivity index (χ1) is 13.6. The molecular weight excluding hydrogens is 352 g/mol. The van der Waals surface area contributed by atoms with Crippen LogP contribution in [0, 0.1) is 0 Å². The normalized spacial score (nSPS) is 19.4. The molecule has 0 spiro atoms. The Hall–Kier alpha value is -3.18. The largest absolute Gasteiger partial charge is 0.367 e. The third-order valence-electron chi connectivity index (χ3n) is 4.94. The van der Waals surface area contributed by atoms with E-state index in [1.165, 1.54) is 0 Å². The molecular formula is C23H22N2O3. The Kier molecular flexibility index (Phi) is 5.08. The predicted molar refractivity (Wildman–Crippen MR) is 108 cm³/mol. The highest BCUT2D eigenvalue weighted by molar-refractivity contribution is 5.94. The molecule has 5 nitrogen and oxygen atoms in total. The van der Waals surface area contributed by atoms with Crippen molar-refractivity contribution in [1.29, 1.82) is 0 Å². The lowest BCUT2D eigenvalue weighted by atomic mass is 10.1. The molecule has 2 heterocycles. The van der Waals surface area contributed by atoms with E-state index in [1.807, 2.05) is 67.6 Å². The first-order valence-electron chi connectivity index (χ1n) is 9.40. The van der Waals surface area contributed by atoms with Crippen molar-refractivity contribution in [2.45, 2.75) is 19.1 Å². The highest BCUT2D eigenvalue weighted by atomic mass is 16.5. The first kappa shape index (κ1) is 18.2. The van der Waals surface area contributed by atoms with Crippen LogP contribution in [0.15, 0.2) is 77.6 Å². The number of benzene rings is 2. The van der Waals surface area contributed by atoms with E-state index in [-0.39, 0.29) is 29.2 Å². The average Bonchev–Trinajstić information content (AvgIpc) is 2.74. The van der Waals surface area contributed by atoms with Gasteiger partial charge >= 0.3 is 0 Å². The summed E-state index contributed by atoms with van der Waals surface area (Å²) in [5.74, 6) is -0.267. The lowest BCUT2D eigenvalue weighted by Crippen LogP contribution is -2.47. The quantitative estimate of drug-likeness (QED) is 0.761. The number of amides is 1. The molecule has 0 aliphatic carbocycles. The third kappa shape index (κ3) is 3.75. The van der Waals surface area contributed by atoms with Gasteiger partial charge in [0.1, 0.15) is 11.7 Å². The van der Waals surface area contributed by atoms with Crippen LogP contribution in [0.25, 0.3) is 11.3 Å². The Balaban J connectivity index is 1.57. The maximum absolute atomic E-state index is 13.0. The van der Waals surface area contributed by atoms with Gasteiger partial charge < -0.3 is 14.6 Å². The molecule has 1 aliphatic heterocycles. The fraction of sp³-hybridized carbons (Fsp3) is 0.217. The molecule has 0 bridgehead atoms. The number of aromatic nitrogens is 1. The number of carbonyl (C=O) groups is 1. The number of hydrogen-bond donors (Lipinski definition) is 1. The van der Waals surface area contributed by atoms with Crippen LogP contribution >= 0.6 is 0 Å². The number of hydrogen-bond acceptors (Lipinski definition) is 3. The molecule has 2 aromatic carbocycles. The van der Waals surface area contributed by atoms with Gasteiger partial charge in [-0.25, -0.2) is 0 Å². The molecule has 1 fully saturated rings. The molecule has 2 unspecified atom stereocenters. The molecule has 1 aliphatic rings. The van der Waals surface area contributed by atoms with E-state index in [1.54, 1.807) is 17.0 Å². The number of pyridine rings is 1. The van der Waals surface area contributed by atoms with Gasteiger partial charge in [-0.2, -0.15) is 0 Å². The maximum Gasteiger partial charge on any atom is 0.261 e. The number of nitrogens with zero attached hydrogens (tertiary/aromatic N) is 1. The topological polar surface area (TPSA) is 62.4 Å². The molecule has 1 aromatic heterocycles. The van der Waals surface area contributed by atoms with Crippen LogP contribution in [-0.4, -0.2) is 35.0 Å². The van der Waals surface area contributed by atoms with Crippen molar-refractivity contribution in [3.8, 4) is 11.3 Å². The smallest absolute Gasteiger partial charge is 0.261 e. The Morgan fingerprint density at radius 3 is 2.32 bits per heavy atom. The summed E-state index contributed by atoms with van der Waals surface area (Å²) >= 11 is 0. The van der Waals surface area contributed by atoms with Crippen LogP contribution < -0.4 is 5.56 Å². The Morgan fingerprint density at radius 1 is 0.964 bits per heavy atom. The molecule has 3 aromatic rings. The van der Waals surface area contributed by atoms with Crippen molar-refractivity contribution in [1.82, 2.24) is 9.88 Å². The fourth-order valence-corrected chi connectivity index (χ4v) is 3.57. The Morgan fingerprint density at radius 2 is 1.64 bits per heavy atom. The van der Waals surface area contributed by atoms with Crippen LogP contribution in [0.5, 0.6) is 0 Å². The molecule has 1 N–H and O–H groups in total. The highest BCUT2D eigenvalue weighted by Gasteiger charge is 2.30. The molecule has 0 saturated carbocycles. The SMILES string of the molecule is CC1CN(C(=O)c2ccc(-c3ccccc3)[nH]c2=O)CC(c2ccccc2)O1. The van der Waals surface area contributed by atoms with Crippen molar-refractivity contribution < 1.29 is 9.53 Å². The van der Waals surface area contributed by atoms with Gasteiger partial charge in [0.15, 0.2) is 0 Å². The van der Waals surface area contributed by atoms with Crippen molar-refractivity contribution in [2.75, 3.05) is 13.1 Å². The van der Waals surface area contributed by atoms with Crippen LogP contribution in [-0.2, 0) is 4.74 Å². The van der Waals surface area contributed by atoms with E-state index >= 15 is 0 Å². The molecule has 1 saturated heterocycles. The summed E-state index contributed by atoms with van der Waals surface area (Å²) in [7, 11) is 0. The molecule has 4 rings (SSSR count). The van der Waals surface area contributed by atoms with Crippen molar-refractivity contribution >= 4 is 5.91 Å². The second-order valence-electron chi connectivity index (χ2n) is 7.04. The summed E-state index contributed by atoms with van der Waals surface area (Å²) in [5.41, 5.74) is 2.41. The third-order valence-corrected chi connectivity index (χ3v) is 4.94. The number of ether oxygens (including phenoxy) is 1. The summed E-state index contributed by atoms with van der Waals surface area (Å²) in [6.07, 6.45) is -0.304. The molecule has 2 atom stereocenters. The van der Waals surface area contributed by atoms with Gasteiger partial charge in [0.2, 0.25) is 0 Å². The molecule has 28 heavy (non-hydrogen) atoms. The highest BCUT2D eigenvalue weighted by Crippen LogP contribution is 2.26. The lowest BCUT2D eigenvalue weighted by molar-refractivity contribution is -0.0692. The van der Waals surface area contributed by atoms with Gasteiger partial charge in [-0.15, -0.1) is 0 Å². The van der Waals surface area contributed by atoms with Crippen molar-refractivity contribution in [2.24, 2.45) is 0 Å². The predicted octanol–water partition coefficient (Wildman–Crippen LogP) is 3.64. The molecule has 0 radical (unpaired) electrons. The Bertz CT molecular complexity index is 1010. The van der Waals surface area contributed by atoms with E-state index in [2.05, 4.69) is 4.98 Å². The van der Waals surface area contributed by atoms with E-state index in [9.17, 15) is 9.59 Å². The van der Waals surface area contributed by atoms with E-state index in [0.717, 1.165) is 11.1 Å². The van der Waals surface area contributed by atoms with Crippen LogP contribution in [0.2, 0.25) is 0 Å². The van der Waals surface area contributed by atoms with Gasteiger partial charge in [-0.1, -0.05) is 60.7 Å². The molecule has 142 valence electrons. The second kappa shape index (κ2) is 7.82. The van der Waals surface area contributed by atoms with E-state index < -0.39 is 0 Å². The number of rotatable bonds is 3. The summed E-state index contributed by atoms with van der Waals surface area (Å²) in [6.45, 7) is 2.83. The van der Waals surface area contributed by atoms with Gasteiger partial charge in [-0.3, -0.25) is 9.59 Å². The zero-order valence-corrected chi connectivity index (χ0v) is 15.7. The van der Waals surface area contributed by atoms with Crippen LogP contribution in [0.3, 0.4) is 0 Å². The van der Waals surface area contributed by atoms with Crippen LogP contribution in [0.4, 0.5) is 0 Å². The molecule has 1 amide bonds. The number of aromatic amines is 1. The summed E-state index contributed by atoms with van der Waals surface area (Å²) < 4.78 is 6.02. The fourth-order valence-electron chi connectivity index (χ4n) is 3.57. The lowest BCUT2D eigenvalue weighted by Gasteiger charge is -2.37. The average molecular weight is 374 g/mol. The summed E-state index contributed by atoms with van der Waals surface area (Å²) in [6, 6.07) is 22.8. The van der Waals surface area contributed by atoms with Crippen molar-refractivity contribution in [3.63, 3.8) is 0 Å². The van der Waals surface area contributed by atoms with Crippen molar-refractivity contribution in [3.05, 3.63) is 94.3 Å². The summed E-state index contributed by atoms with van der Waals surface area (Å²) in [5, 5.41) is 0. The zero-order chi connectivity index (χ0) is 19.5.